The van der Waals surface area contributed by atoms with Crippen molar-refractivity contribution >= 4 is 0 Å². The van der Waals surface area contributed by atoms with Gasteiger partial charge >= 0.3 is 0 Å². The lowest BCUT2D eigenvalue weighted by Crippen LogP contribution is -2.35. The predicted octanol–water partition coefficient (Wildman–Crippen LogP) is 5.07. The third-order valence-electron chi connectivity index (χ3n) is 4.08. The Balaban J connectivity index is 2.23. The van der Waals surface area contributed by atoms with Gasteiger partial charge in [-0.2, -0.15) is 10.4 Å². The lowest BCUT2D eigenvalue weighted by Gasteiger charge is -2.37. The molecule has 1 heterocycles. The SMILES string of the molecule is C#C/C=C(\N=NC/C(C)=C/CC#C)O[C@H]1CC(C)(C)Oc2ccc(C#N)cc21. The third kappa shape index (κ3) is 5.76. The molecule has 2 rings (SSSR count). The minimum absolute atomic E-state index is 0.239. The topological polar surface area (TPSA) is 67.0 Å². The molecule has 1 aliphatic heterocycles. The van der Waals surface area contributed by atoms with Gasteiger partial charge < -0.3 is 9.47 Å². The molecule has 0 amide bonds. The van der Waals surface area contributed by atoms with Crippen molar-refractivity contribution in [2.24, 2.45) is 10.2 Å². The first-order valence-corrected chi connectivity index (χ1v) is 8.91. The van der Waals surface area contributed by atoms with Crippen molar-refractivity contribution < 1.29 is 9.47 Å². The van der Waals surface area contributed by atoms with Gasteiger partial charge in [0.1, 0.15) is 17.5 Å². The van der Waals surface area contributed by atoms with Crippen LogP contribution in [0.4, 0.5) is 0 Å². The van der Waals surface area contributed by atoms with Crippen LogP contribution in [0.3, 0.4) is 0 Å². The highest BCUT2D eigenvalue weighted by Crippen LogP contribution is 2.42. The van der Waals surface area contributed by atoms with E-state index in [4.69, 9.17) is 22.3 Å². The number of hydrogen-bond donors (Lipinski definition) is 0. The van der Waals surface area contributed by atoms with Crippen molar-refractivity contribution in [2.45, 2.75) is 45.3 Å². The minimum atomic E-state index is -0.432. The van der Waals surface area contributed by atoms with Crippen LogP contribution < -0.4 is 4.74 Å². The van der Waals surface area contributed by atoms with Crippen molar-refractivity contribution in [3.05, 3.63) is 52.9 Å². The van der Waals surface area contributed by atoms with Crippen LogP contribution >= 0.6 is 0 Å². The van der Waals surface area contributed by atoms with Crippen molar-refractivity contribution in [1.82, 2.24) is 0 Å². The first kappa shape index (κ1) is 20.8. The monoisotopic (exact) mass is 373 g/mol. The summed E-state index contributed by atoms with van der Waals surface area (Å²) in [5.74, 6) is 5.91. The van der Waals surface area contributed by atoms with Gasteiger partial charge in [0.25, 0.3) is 0 Å². The molecular weight excluding hydrogens is 350 g/mol. The van der Waals surface area contributed by atoms with E-state index in [9.17, 15) is 5.26 Å². The van der Waals surface area contributed by atoms with Gasteiger partial charge in [0.05, 0.1) is 24.3 Å². The molecule has 142 valence electrons. The second kappa shape index (κ2) is 9.45. The van der Waals surface area contributed by atoms with Crippen molar-refractivity contribution in [3.8, 4) is 36.5 Å². The molecule has 0 N–H and O–H groups in total. The number of rotatable bonds is 6. The summed E-state index contributed by atoms with van der Waals surface area (Å²) in [6.45, 7) is 6.30. The Kier molecular flexibility index (Phi) is 7.02. The summed E-state index contributed by atoms with van der Waals surface area (Å²) in [5.41, 5.74) is 1.91. The molecule has 1 aromatic carbocycles. The summed E-state index contributed by atoms with van der Waals surface area (Å²) in [6.07, 6.45) is 14.8. The van der Waals surface area contributed by atoms with E-state index in [0.717, 1.165) is 11.1 Å². The second-order valence-corrected chi connectivity index (χ2v) is 7.04. The predicted molar refractivity (Wildman–Crippen MR) is 108 cm³/mol. The highest BCUT2D eigenvalue weighted by molar-refractivity contribution is 5.45. The van der Waals surface area contributed by atoms with E-state index in [0.29, 0.717) is 30.7 Å². The normalized spacial score (nSPS) is 18.4. The quantitative estimate of drug-likeness (QED) is 0.302. The molecule has 0 saturated heterocycles. The number of benzene rings is 1. The molecule has 0 spiro atoms. The van der Waals surface area contributed by atoms with Gasteiger partial charge in [-0.15, -0.1) is 23.9 Å². The van der Waals surface area contributed by atoms with Crippen molar-refractivity contribution in [2.75, 3.05) is 6.54 Å². The molecule has 0 radical (unpaired) electrons. The Morgan fingerprint density at radius 1 is 1.43 bits per heavy atom. The fourth-order valence-electron chi connectivity index (χ4n) is 2.78. The Morgan fingerprint density at radius 3 is 2.89 bits per heavy atom. The highest BCUT2D eigenvalue weighted by atomic mass is 16.5. The number of ether oxygens (including phenoxy) is 2. The molecule has 0 aromatic heterocycles. The number of allylic oxidation sites excluding steroid dienone is 2. The lowest BCUT2D eigenvalue weighted by molar-refractivity contribution is -0.00608. The van der Waals surface area contributed by atoms with Crippen LogP contribution in [0.5, 0.6) is 5.75 Å². The van der Waals surface area contributed by atoms with Crippen LogP contribution in [-0.2, 0) is 4.74 Å². The number of nitriles is 1. The highest BCUT2D eigenvalue weighted by Gasteiger charge is 2.35. The zero-order valence-corrected chi connectivity index (χ0v) is 16.4. The van der Waals surface area contributed by atoms with Crippen LogP contribution in [0.2, 0.25) is 0 Å². The van der Waals surface area contributed by atoms with Gasteiger partial charge in [0, 0.05) is 18.4 Å². The summed E-state index contributed by atoms with van der Waals surface area (Å²) in [6, 6.07) is 7.42. The number of terminal acetylenes is 2. The van der Waals surface area contributed by atoms with Crippen LogP contribution in [0.25, 0.3) is 0 Å². The number of azo groups is 1. The summed E-state index contributed by atoms with van der Waals surface area (Å²) in [7, 11) is 0. The van der Waals surface area contributed by atoms with Crippen LogP contribution in [0.1, 0.15) is 50.8 Å². The summed E-state index contributed by atoms with van der Waals surface area (Å²) in [5, 5.41) is 17.5. The largest absolute Gasteiger partial charge is 0.487 e. The molecule has 28 heavy (non-hydrogen) atoms. The Labute approximate surface area is 166 Å². The van der Waals surface area contributed by atoms with Crippen LogP contribution in [0.15, 0.2) is 52.0 Å². The smallest absolute Gasteiger partial charge is 0.242 e. The Morgan fingerprint density at radius 2 is 2.21 bits per heavy atom. The molecular formula is C23H23N3O2. The Hall–Kier alpha value is -3.49. The molecule has 0 fully saturated rings. The van der Waals surface area contributed by atoms with E-state index in [2.05, 4.69) is 28.1 Å². The number of fused-ring (bicyclic) bond motifs is 1. The van der Waals surface area contributed by atoms with Crippen LogP contribution in [-0.4, -0.2) is 12.1 Å². The summed E-state index contributed by atoms with van der Waals surface area (Å²) >= 11 is 0. The Bertz CT molecular complexity index is 934. The molecule has 0 saturated carbocycles. The number of nitrogens with zero attached hydrogens (tertiary/aromatic N) is 3. The number of hydrogen-bond acceptors (Lipinski definition) is 5. The second-order valence-electron chi connectivity index (χ2n) is 7.04. The van der Waals surface area contributed by atoms with Crippen molar-refractivity contribution in [3.63, 3.8) is 0 Å². The van der Waals surface area contributed by atoms with Gasteiger partial charge in [-0.3, -0.25) is 0 Å². The van der Waals surface area contributed by atoms with Gasteiger partial charge in [-0.05, 0) is 39.0 Å². The van der Waals surface area contributed by atoms with E-state index >= 15 is 0 Å². The maximum atomic E-state index is 9.20. The van der Waals surface area contributed by atoms with E-state index in [1.807, 2.05) is 26.8 Å². The molecule has 1 aromatic rings. The maximum Gasteiger partial charge on any atom is 0.242 e. The average Bonchev–Trinajstić information content (AvgIpc) is 2.65. The summed E-state index contributed by atoms with van der Waals surface area (Å²) in [4.78, 5) is 0. The van der Waals surface area contributed by atoms with Crippen LogP contribution in [0, 0.1) is 36.0 Å². The lowest BCUT2D eigenvalue weighted by atomic mass is 9.91. The molecule has 1 aliphatic rings. The molecule has 5 heteroatoms. The fourth-order valence-corrected chi connectivity index (χ4v) is 2.78. The standard InChI is InChI=1S/C23H23N3O2/c1-6-8-10-17(3)16-25-26-22(9-7-2)27-21-14-23(4,5)28-20-12-11-18(15-24)13-19(20)21/h1-2,9-13,21H,8,14,16H2,3-5H3/b17-10+,22-9+,26-25?/t21-/m0/s1. The first-order valence-electron chi connectivity index (χ1n) is 8.91. The molecule has 1 atom stereocenters. The third-order valence-corrected chi connectivity index (χ3v) is 4.08. The minimum Gasteiger partial charge on any atom is -0.487 e. The van der Waals surface area contributed by atoms with Gasteiger partial charge in [0.2, 0.25) is 5.88 Å². The zero-order chi connectivity index (χ0) is 20.6. The van der Waals surface area contributed by atoms with E-state index in [1.54, 1.807) is 18.2 Å². The van der Waals surface area contributed by atoms with Gasteiger partial charge in [-0.1, -0.05) is 17.6 Å². The van der Waals surface area contributed by atoms with Gasteiger partial charge in [0.15, 0.2) is 0 Å². The molecule has 0 unspecified atom stereocenters. The van der Waals surface area contributed by atoms with E-state index < -0.39 is 5.60 Å². The van der Waals surface area contributed by atoms with Crippen molar-refractivity contribution in [1.29, 1.82) is 5.26 Å². The fraction of sp³-hybridized carbons (Fsp3) is 0.348. The molecule has 0 bridgehead atoms. The zero-order valence-electron chi connectivity index (χ0n) is 16.4. The van der Waals surface area contributed by atoms with E-state index in [-0.39, 0.29) is 12.0 Å². The summed E-state index contributed by atoms with van der Waals surface area (Å²) < 4.78 is 12.1. The molecule has 0 aliphatic carbocycles. The first-order chi connectivity index (χ1) is 13.4. The van der Waals surface area contributed by atoms with E-state index in [1.165, 1.54) is 6.08 Å². The maximum absolute atomic E-state index is 9.20. The van der Waals surface area contributed by atoms with Gasteiger partial charge in [-0.25, -0.2) is 0 Å². The average molecular weight is 373 g/mol. The molecule has 5 nitrogen and oxygen atoms in total.